The summed E-state index contributed by atoms with van der Waals surface area (Å²) in [6, 6.07) is 11.6. The molecule has 26 heavy (non-hydrogen) atoms. The molecule has 0 saturated heterocycles. The van der Waals surface area contributed by atoms with Gasteiger partial charge in [0, 0.05) is 18.2 Å². The fourth-order valence-electron chi connectivity index (χ4n) is 3.73. The molecule has 2 N–H and O–H groups in total. The smallest absolute Gasteiger partial charge is 0.326 e. The van der Waals surface area contributed by atoms with Gasteiger partial charge in [0.15, 0.2) is 0 Å². The Morgan fingerprint density at radius 2 is 2.00 bits per heavy atom. The van der Waals surface area contributed by atoms with E-state index in [1.165, 1.54) is 12.1 Å². The molecule has 134 valence electrons. The van der Waals surface area contributed by atoms with E-state index in [1.807, 2.05) is 10.6 Å². The first-order chi connectivity index (χ1) is 12.6. The third-order valence-corrected chi connectivity index (χ3v) is 5.01. The van der Waals surface area contributed by atoms with Crippen molar-refractivity contribution < 1.29 is 9.18 Å². The zero-order valence-corrected chi connectivity index (χ0v) is 14.3. The maximum absolute atomic E-state index is 13.2. The minimum Gasteiger partial charge on any atom is -0.348 e. The molecule has 1 saturated carbocycles. The van der Waals surface area contributed by atoms with Crippen LogP contribution in [0.2, 0.25) is 0 Å². The highest BCUT2D eigenvalue weighted by molar-refractivity contribution is 5.97. The Bertz CT molecular complexity index is 1020. The average Bonchev–Trinajstić information content (AvgIpc) is 3.25. The predicted molar refractivity (Wildman–Crippen MR) is 97.6 cm³/mol. The lowest BCUT2D eigenvalue weighted by Crippen LogP contribution is -2.22. The van der Waals surface area contributed by atoms with Crippen molar-refractivity contribution in [1.82, 2.24) is 14.9 Å². The summed E-state index contributed by atoms with van der Waals surface area (Å²) < 4.78 is 15.0. The van der Waals surface area contributed by atoms with Crippen LogP contribution in [0, 0.1) is 5.82 Å². The largest absolute Gasteiger partial charge is 0.348 e. The molecule has 0 spiro atoms. The topological polar surface area (TPSA) is 66.9 Å². The zero-order chi connectivity index (χ0) is 18.1. The molecule has 2 aromatic carbocycles. The van der Waals surface area contributed by atoms with Crippen molar-refractivity contribution >= 4 is 16.9 Å². The number of hydrogen-bond donors (Lipinski definition) is 2. The molecular formula is C20H20FN3O2. The lowest BCUT2D eigenvalue weighted by molar-refractivity contribution is 0.0951. The fraction of sp³-hybridized carbons (Fsp3) is 0.300. The number of halogens is 1. The monoisotopic (exact) mass is 353 g/mol. The van der Waals surface area contributed by atoms with Gasteiger partial charge in [0.25, 0.3) is 5.91 Å². The van der Waals surface area contributed by atoms with Crippen molar-refractivity contribution in [2.75, 3.05) is 0 Å². The van der Waals surface area contributed by atoms with E-state index in [2.05, 4.69) is 10.3 Å². The zero-order valence-electron chi connectivity index (χ0n) is 14.3. The summed E-state index contributed by atoms with van der Waals surface area (Å²) in [4.78, 5) is 27.6. The van der Waals surface area contributed by atoms with Gasteiger partial charge >= 0.3 is 5.69 Å². The van der Waals surface area contributed by atoms with E-state index in [9.17, 15) is 14.0 Å². The molecular weight excluding hydrogens is 333 g/mol. The minimum absolute atomic E-state index is 0.121. The SMILES string of the molecule is O=C(NCc1cccc(F)c1)c1ccc2c(c1)[nH]c(=O)n2C1CCCC1. The Morgan fingerprint density at radius 3 is 2.77 bits per heavy atom. The number of amides is 1. The van der Waals surface area contributed by atoms with Gasteiger partial charge in [0.2, 0.25) is 0 Å². The van der Waals surface area contributed by atoms with Crippen LogP contribution in [0.4, 0.5) is 4.39 Å². The van der Waals surface area contributed by atoms with E-state index in [-0.39, 0.29) is 30.0 Å². The second kappa shape index (κ2) is 6.78. The number of rotatable bonds is 4. The van der Waals surface area contributed by atoms with Gasteiger partial charge in [0.1, 0.15) is 5.82 Å². The molecule has 6 heteroatoms. The van der Waals surface area contributed by atoms with Crippen LogP contribution in [0.3, 0.4) is 0 Å². The van der Waals surface area contributed by atoms with Crippen LogP contribution in [-0.4, -0.2) is 15.5 Å². The highest BCUT2D eigenvalue weighted by Crippen LogP contribution is 2.30. The number of fused-ring (bicyclic) bond motifs is 1. The summed E-state index contributed by atoms with van der Waals surface area (Å²) in [7, 11) is 0. The van der Waals surface area contributed by atoms with Crippen molar-refractivity contribution in [1.29, 1.82) is 0 Å². The molecule has 1 aromatic heterocycles. The number of benzene rings is 2. The van der Waals surface area contributed by atoms with Crippen LogP contribution in [0.25, 0.3) is 11.0 Å². The molecule has 0 unspecified atom stereocenters. The summed E-state index contributed by atoms with van der Waals surface area (Å²) in [5.41, 5.74) is 2.54. The summed E-state index contributed by atoms with van der Waals surface area (Å²) >= 11 is 0. The number of aromatic nitrogens is 2. The molecule has 0 radical (unpaired) electrons. The molecule has 0 atom stereocenters. The van der Waals surface area contributed by atoms with Gasteiger partial charge in [-0.2, -0.15) is 0 Å². The molecule has 1 aliphatic carbocycles. The highest BCUT2D eigenvalue weighted by Gasteiger charge is 2.21. The van der Waals surface area contributed by atoms with E-state index in [0.717, 1.165) is 31.2 Å². The first-order valence-corrected chi connectivity index (χ1v) is 8.89. The van der Waals surface area contributed by atoms with Crippen LogP contribution in [0.1, 0.15) is 47.6 Å². The number of nitrogens with zero attached hydrogens (tertiary/aromatic N) is 1. The van der Waals surface area contributed by atoms with E-state index in [0.29, 0.717) is 16.6 Å². The van der Waals surface area contributed by atoms with E-state index in [1.54, 1.807) is 24.3 Å². The number of hydrogen-bond acceptors (Lipinski definition) is 2. The Morgan fingerprint density at radius 1 is 1.19 bits per heavy atom. The Kier molecular flexibility index (Phi) is 4.32. The van der Waals surface area contributed by atoms with Gasteiger partial charge in [-0.3, -0.25) is 9.36 Å². The molecule has 1 aliphatic rings. The van der Waals surface area contributed by atoms with E-state index in [4.69, 9.17) is 0 Å². The lowest BCUT2D eigenvalue weighted by atomic mass is 10.1. The van der Waals surface area contributed by atoms with Gasteiger partial charge in [-0.1, -0.05) is 25.0 Å². The van der Waals surface area contributed by atoms with Gasteiger partial charge in [-0.05, 0) is 48.7 Å². The normalized spacial score (nSPS) is 14.8. The molecule has 5 nitrogen and oxygen atoms in total. The van der Waals surface area contributed by atoms with E-state index >= 15 is 0 Å². The third-order valence-electron chi connectivity index (χ3n) is 5.01. The molecule has 1 fully saturated rings. The number of carbonyl (C=O) groups is 1. The van der Waals surface area contributed by atoms with Crippen LogP contribution in [0.5, 0.6) is 0 Å². The maximum atomic E-state index is 13.2. The van der Waals surface area contributed by atoms with Gasteiger partial charge < -0.3 is 10.3 Å². The van der Waals surface area contributed by atoms with Crippen LogP contribution in [0.15, 0.2) is 47.3 Å². The average molecular weight is 353 g/mol. The molecule has 1 heterocycles. The number of H-pyrrole nitrogens is 1. The molecule has 4 rings (SSSR count). The maximum Gasteiger partial charge on any atom is 0.326 e. The summed E-state index contributed by atoms with van der Waals surface area (Å²) in [6.45, 7) is 0.244. The number of aromatic amines is 1. The Hall–Kier alpha value is -2.89. The van der Waals surface area contributed by atoms with E-state index < -0.39 is 0 Å². The predicted octanol–water partition coefficient (Wildman–Crippen LogP) is 3.51. The third kappa shape index (κ3) is 3.14. The van der Waals surface area contributed by atoms with Crippen LogP contribution < -0.4 is 11.0 Å². The number of nitrogens with one attached hydrogen (secondary N) is 2. The van der Waals surface area contributed by atoms with Gasteiger partial charge in [-0.15, -0.1) is 0 Å². The molecule has 0 bridgehead atoms. The van der Waals surface area contributed by atoms with Crippen molar-refractivity contribution in [2.45, 2.75) is 38.3 Å². The highest BCUT2D eigenvalue weighted by atomic mass is 19.1. The molecule has 0 aliphatic heterocycles. The first-order valence-electron chi connectivity index (χ1n) is 8.89. The van der Waals surface area contributed by atoms with Crippen molar-refractivity contribution in [3.63, 3.8) is 0 Å². The van der Waals surface area contributed by atoms with Crippen molar-refractivity contribution in [2.24, 2.45) is 0 Å². The number of imidazole rings is 1. The second-order valence-electron chi connectivity index (χ2n) is 6.78. The number of carbonyl (C=O) groups excluding carboxylic acids is 1. The summed E-state index contributed by atoms with van der Waals surface area (Å²) in [5, 5.41) is 2.78. The van der Waals surface area contributed by atoms with Gasteiger partial charge in [0.05, 0.1) is 11.0 Å². The first kappa shape index (κ1) is 16.6. The Labute approximate surface area is 149 Å². The standard InChI is InChI=1S/C20H20FN3O2/c21-15-5-3-4-13(10-15)12-22-19(25)14-8-9-18-17(11-14)23-20(26)24(18)16-6-1-2-7-16/h3-5,8-11,16H,1-2,6-7,12H2,(H,22,25)(H,23,26). The van der Waals surface area contributed by atoms with Crippen LogP contribution in [-0.2, 0) is 6.54 Å². The summed E-state index contributed by atoms with van der Waals surface area (Å²) in [5.74, 6) is -0.588. The van der Waals surface area contributed by atoms with Gasteiger partial charge in [-0.25, -0.2) is 9.18 Å². The Balaban J connectivity index is 1.55. The van der Waals surface area contributed by atoms with Crippen molar-refractivity contribution in [3.8, 4) is 0 Å². The van der Waals surface area contributed by atoms with Crippen LogP contribution >= 0.6 is 0 Å². The van der Waals surface area contributed by atoms with Crippen molar-refractivity contribution in [3.05, 3.63) is 69.9 Å². The fourth-order valence-corrected chi connectivity index (χ4v) is 3.73. The lowest BCUT2D eigenvalue weighted by Gasteiger charge is -2.11. The minimum atomic E-state index is -0.330. The summed E-state index contributed by atoms with van der Waals surface area (Å²) in [6.07, 6.45) is 4.32. The molecule has 3 aromatic rings. The molecule has 1 amide bonds. The second-order valence-corrected chi connectivity index (χ2v) is 6.78. The quantitative estimate of drug-likeness (QED) is 0.754.